The normalized spacial score (nSPS) is 13.8. The lowest BCUT2D eigenvalue weighted by Crippen LogP contribution is -2.32. The Labute approximate surface area is 149 Å². The summed E-state index contributed by atoms with van der Waals surface area (Å²) in [7, 11) is 0. The van der Waals surface area contributed by atoms with Crippen LogP contribution in [0.15, 0.2) is 47.3 Å². The number of aromatic nitrogens is 2. The number of aryl methyl sites for hydroxylation is 1. The molecule has 0 bridgehead atoms. The highest BCUT2D eigenvalue weighted by Gasteiger charge is 2.15. The van der Waals surface area contributed by atoms with Crippen LogP contribution in [0.25, 0.3) is 10.8 Å². The molecule has 0 saturated carbocycles. The zero-order valence-corrected chi connectivity index (χ0v) is 14.2. The molecule has 7 nitrogen and oxygen atoms in total. The van der Waals surface area contributed by atoms with Crippen LogP contribution in [-0.4, -0.2) is 34.4 Å². The molecule has 1 N–H and O–H groups in total. The summed E-state index contributed by atoms with van der Waals surface area (Å²) >= 11 is 0. The van der Waals surface area contributed by atoms with Crippen molar-refractivity contribution in [3.63, 3.8) is 0 Å². The summed E-state index contributed by atoms with van der Waals surface area (Å²) in [5.41, 5.74) is 0.511. The molecule has 0 unspecified atom stereocenters. The van der Waals surface area contributed by atoms with Gasteiger partial charge in [0.2, 0.25) is 6.79 Å². The fraction of sp³-hybridized carbons (Fsp3) is 0.263. The zero-order valence-electron chi connectivity index (χ0n) is 14.2. The van der Waals surface area contributed by atoms with Crippen LogP contribution in [0.1, 0.15) is 5.69 Å². The molecule has 3 aromatic rings. The largest absolute Gasteiger partial charge is 0.491 e. The standard InChI is InChI=1S/C19H18N2O5/c1-12-15-4-2-3-5-16(15)19(23)21(20-12)9-13(22)10-24-14-6-7-17-18(8-14)26-11-25-17/h2-8,13,22H,9-11H2,1H3/t13-/m1/s1. The van der Waals surface area contributed by atoms with E-state index in [1.165, 1.54) is 4.68 Å². The Bertz CT molecular complexity index is 1010. The third kappa shape index (κ3) is 3.09. The van der Waals surface area contributed by atoms with E-state index in [0.717, 1.165) is 11.1 Å². The van der Waals surface area contributed by atoms with Crippen LogP contribution in [0, 0.1) is 6.92 Å². The summed E-state index contributed by atoms with van der Waals surface area (Å²) in [4.78, 5) is 12.5. The summed E-state index contributed by atoms with van der Waals surface area (Å²) in [6, 6.07) is 12.5. The number of ether oxygens (including phenoxy) is 3. The fourth-order valence-electron chi connectivity index (χ4n) is 2.94. The highest BCUT2D eigenvalue weighted by atomic mass is 16.7. The van der Waals surface area contributed by atoms with Crippen LogP contribution in [0.3, 0.4) is 0 Å². The second-order valence-electron chi connectivity index (χ2n) is 6.10. The fourth-order valence-corrected chi connectivity index (χ4v) is 2.94. The summed E-state index contributed by atoms with van der Waals surface area (Å²) in [5, 5.41) is 16.0. The molecule has 4 rings (SSSR count). The van der Waals surface area contributed by atoms with Gasteiger partial charge in [-0.1, -0.05) is 18.2 Å². The number of benzene rings is 2. The molecule has 0 saturated heterocycles. The lowest BCUT2D eigenvalue weighted by Gasteiger charge is -2.14. The summed E-state index contributed by atoms with van der Waals surface area (Å²) in [6.45, 7) is 2.11. The van der Waals surface area contributed by atoms with Gasteiger partial charge in [-0.05, 0) is 25.1 Å². The van der Waals surface area contributed by atoms with Gasteiger partial charge in [-0.25, -0.2) is 4.68 Å². The minimum absolute atomic E-state index is 0.0274. The van der Waals surface area contributed by atoms with E-state index in [1.807, 2.05) is 25.1 Å². The minimum atomic E-state index is -0.883. The van der Waals surface area contributed by atoms with Gasteiger partial charge in [-0.15, -0.1) is 0 Å². The van der Waals surface area contributed by atoms with Crippen LogP contribution in [0.5, 0.6) is 17.2 Å². The predicted molar refractivity (Wildman–Crippen MR) is 94.8 cm³/mol. The molecule has 7 heteroatoms. The van der Waals surface area contributed by atoms with E-state index in [1.54, 1.807) is 24.3 Å². The molecule has 134 valence electrons. The first-order chi connectivity index (χ1) is 12.6. The van der Waals surface area contributed by atoms with Crippen molar-refractivity contribution in [1.29, 1.82) is 0 Å². The predicted octanol–water partition coefficient (Wildman–Crippen LogP) is 1.87. The number of aliphatic hydroxyl groups is 1. The topological polar surface area (TPSA) is 82.8 Å². The number of rotatable bonds is 5. The first-order valence-corrected chi connectivity index (χ1v) is 8.29. The van der Waals surface area contributed by atoms with Crippen molar-refractivity contribution < 1.29 is 19.3 Å². The SMILES string of the molecule is Cc1nn(C[C@@H](O)COc2ccc3c(c2)OCO3)c(=O)c2ccccc12. The van der Waals surface area contributed by atoms with Crippen molar-refractivity contribution >= 4 is 10.8 Å². The van der Waals surface area contributed by atoms with Gasteiger partial charge in [0.25, 0.3) is 5.56 Å². The van der Waals surface area contributed by atoms with Crippen molar-refractivity contribution in [3.05, 3.63) is 58.5 Å². The summed E-state index contributed by atoms with van der Waals surface area (Å²) < 4.78 is 17.4. The van der Waals surface area contributed by atoms with Crippen molar-refractivity contribution in [2.75, 3.05) is 13.4 Å². The Morgan fingerprint density at radius 1 is 1.19 bits per heavy atom. The number of nitrogens with zero attached hydrogens (tertiary/aromatic N) is 2. The average molecular weight is 354 g/mol. The summed E-state index contributed by atoms with van der Waals surface area (Å²) in [5.74, 6) is 1.84. The van der Waals surface area contributed by atoms with Gasteiger partial charge >= 0.3 is 0 Å². The van der Waals surface area contributed by atoms with Gasteiger partial charge in [0, 0.05) is 11.5 Å². The van der Waals surface area contributed by atoms with Gasteiger partial charge in [0.15, 0.2) is 11.5 Å². The Morgan fingerprint density at radius 3 is 2.81 bits per heavy atom. The average Bonchev–Trinajstić information content (AvgIpc) is 3.12. The molecule has 26 heavy (non-hydrogen) atoms. The van der Waals surface area contributed by atoms with Crippen LogP contribution in [0.4, 0.5) is 0 Å². The van der Waals surface area contributed by atoms with Crippen molar-refractivity contribution in [2.24, 2.45) is 0 Å². The molecule has 2 aromatic carbocycles. The zero-order chi connectivity index (χ0) is 18.1. The van der Waals surface area contributed by atoms with Crippen LogP contribution in [-0.2, 0) is 6.54 Å². The van der Waals surface area contributed by atoms with Gasteiger partial charge in [-0.3, -0.25) is 4.79 Å². The number of hydrogen-bond acceptors (Lipinski definition) is 6. The van der Waals surface area contributed by atoms with Gasteiger partial charge < -0.3 is 19.3 Å². The number of aliphatic hydroxyl groups excluding tert-OH is 1. The first kappa shape index (κ1) is 16.4. The number of hydrogen-bond donors (Lipinski definition) is 1. The smallest absolute Gasteiger partial charge is 0.274 e. The van der Waals surface area contributed by atoms with E-state index in [2.05, 4.69) is 5.10 Å². The van der Waals surface area contributed by atoms with Gasteiger partial charge in [0.05, 0.1) is 17.6 Å². The van der Waals surface area contributed by atoms with Gasteiger partial charge in [0.1, 0.15) is 18.5 Å². The third-order valence-corrected chi connectivity index (χ3v) is 4.22. The number of fused-ring (bicyclic) bond motifs is 2. The third-order valence-electron chi connectivity index (χ3n) is 4.22. The molecule has 0 aliphatic carbocycles. The van der Waals surface area contributed by atoms with Gasteiger partial charge in [-0.2, -0.15) is 5.10 Å². The van der Waals surface area contributed by atoms with Crippen molar-refractivity contribution in [2.45, 2.75) is 19.6 Å². The quantitative estimate of drug-likeness (QED) is 0.753. The molecular formula is C19H18N2O5. The second-order valence-corrected chi connectivity index (χ2v) is 6.10. The van der Waals surface area contributed by atoms with E-state index in [0.29, 0.717) is 22.6 Å². The molecular weight excluding hydrogens is 336 g/mol. The monoisotopic (exact) mass is 354 g/mol. The van der Waals surface area contributed by atoms with Crippen molar-refractivity contribution in [1.82, 2.24) is 9.78 Å². The summed E-state index contributed by atoms with van der Waals surface area (Å²) in [6.07, 6.45) is -0.883. The van der Waals surface area contributed by atoms with Crippen molar-refractivity contribution in [3.8, 4) is 17.2 Å². The molecule has 1 aliphatic rings. The Hall–Kier alpha value is -3.06. The molecule has 0 fully saturated rings. The minimum Gasteiger partial charge on any atom is -0.491 e. The van der Waals surface area contributed by atoms with Crippen LogP contribution in [0.2, 0.25) is 0 Å². The highest BCUT2D eigenvalue weighted by Crippen LogP contribution is 2.35. The molecule has 1 atom stereocenters. The molecule has 2 heterocycles. The molecule has 1 aliphatic heterocycles. The second kappa shape index (κ2) is 6.68. The van der Waals surface area contributed by atoms with E-state index in [9.17, 15) is 9.90 Å². The Morgan fingerprint density at radius 2 is 1.96 bits per heavy atom. The Balaban J connectivity index is 1.47. The lowest BCUT2D eigenvalue weighted by molar-refractivity contribution is 0.0879. The molecule has 0 spiro atoms. The molecule has 0 radical (unpaired) electrons. The van der Waals surface area contributed by atoms with E-state index in [-0.39, 0.29) is 25.5 Å². The lowest BCUT2D eigenvalue weighted by atomic mass is 10.1. The van der Waals surface area contributed by atoms with E-state index < -0.39 is 6.10 Å². The maximum Gasteiger partial charge on any atom is 0.274 e. The van der Waals surface area contributed by atoms with E-state index in [4.69, 9.17) is 14.2 Å². The maximum atomic E-state index is 12.5. The Kier molecular flexibility index (Phi) is 4.22. The van der Waals surface area contributed by atoms with Crippen LogP contribution < -0.4 is 19.8 Å². The molecule has 0 amide bonds. The molecule has 1 aromatic heterocycles. The first-order valence-electron chi connectivity index (χ1n) is 8.29. The van der Waals surface area contributed by atoms with E-state index >= 15 is 0 Å². The maximum absolute atomic E-state index is 12.5. The highest BCUT2D eigenvalue weighted by molar-refractivity contribution is 5.83. The van der Waals surface area contributed by atoms with Crippen LogP contribution >= 0.6 is 0 Å².